The molecule has 0 aliphatic carbocycles. The van der Waals surface area contributed by atoms with E-state index in [0.29, 0.717) is 5.75 Å². The Hall–Kier alpha value is -3.03. The highest BCUT2D eigenvalue weighted by molar-refractivity contribution is 6.07. The summed E-state index contributed by atoms with van der Waals surface area (Å²) in [7, 11) is 1.39. The number of ether oxygens (including phenoxy) is 2. The molecular formula is C16H12F3NO4. The molecule has 0 aliphatic heterocycles. The molecule has 0 fully saturated rings. The van der Waals surface area contributed by atoms with Gasteiger partial charge in [-0.25, -0.2) is 0 Å². The van der Waals surface area contributed by atoms with Crippen molar-refractivity contribution in [3.8, 4) is 11.5 Å². The Morgan fingerprint density at radius 1 is 1.12 bits per heavy atom. The van der Waals surface area contributed by atoms with Crippen LogP contribution in [-0.4, -0.2) is 19.5 Å². The Morgan fingerprint density at radius 3 is 2.46 bits per heavy atom. The van der Waals surface area contributed by atoms with Crippen LogP contribution in [0.2, 0.25) is 0 Å². The molecule has 0 spiro atoms. The minimum Gasteiger partial charge on any atom is -0.495 e. The van der Waals surface area contributed by atoms with Crippen LogP contribution < -0.4 is 14.8 Å². The highest BCUT2D eigenvalue weighted by Gasteiger charge is 2.36. The van der Waals surface area contributed by atoms with Crippen molar-refractivity contribution >= 4 is 18.1 Å². The monoisotopic (exact) mass is 339 g/mol. The van der Waals surface area contributed by atoms with Gasteiger partial charge >= 0.3 is 6.18 Å². The van der Waals surface area contributed by atoms with Crippen molar-refractivity contribution in [2.75, 3.05) is 12.4 Å². The fourth-order valence-corrected chi connectivity index (χ4v) is 2.05. The van der Waals surface area contributed by atoms with E-state index in [-0.39, 0.29) is 12.2 Å². The molecule has 5 nitrogen and oxygen atoms in total. The number of para-hydroxylation sites is 3. The summed E-state index contributed by atoms with van der Waals surface area (Å²) < 4.78 is 48.5. The van der Waals surface area contributed by atoms with E-state index in [1.807, 2.05) is 0 Å². The number of nitrogens with one attached hydrogen (secondary N) is 1. The van der Waals surface area contributed by atoms with Crippen LogP contribution in [0.3, 0.4) is 0 Å². The van der Waals surface area contributed by atoms with Gasteiger partial charge in [0.1, 0.15) is 5.75 Å². The Balaban J connectivity index is 2.44. The molecule has 1 N–H and O–H groups in total. The summed E-state index contributed by atoms with van der Waals surface area (Å²) in [5.74, 6) is -1.40. The van der Waals surface area contributed by atoms with Gasteiger partial charge in [-0.3, -0.25) is 9.59 Å². The van der Waals surface area contributed by atoms with Gasteiger partial charge in [0.05, 0.1) is 23.9 Å². The number of amides is 1. The summed E-state index contributed by atoms with van der Waals surface area (Å²) in [6.45, 7) is -0.162. The van der Waals surface area contributed by atoms with Crippen LogP contribution in [-0.2, 0) is 11.0 Å². The van der Waals surface area contributed by atoms with Gasteiger partial charge in [0, 0.05) is 0 Å². The standard InChI is InChI=1S/C16H12F3NO4/c1-23-13-8-3-2-7-12(13)20-15(22)10-5-4-6-11(16(17,18)19)14(10)24-9-21/h2-9H,1H3,(H,20,22). The molecule has 24 heavy (non-hydrogen) atoms. The van der Waals surface area contributed by atoms with Gasteiger partial charge in [-0.1, -0.05) is 18.2 Å². The lowest BCUT2D eigenvalue weighted by atomic mass is 10.1. The maximum atomic E-state index is 13.0. The largest absolute Gasteiger partial charge is 0.495 e. The van der Waals surface area contributed by atoms with E-state index >= 15 is 0 Å². The van der Waals surface area contributed by atoms with Crippen LogP contribution in [0.1, 0.15) is 15.9 Å². The van der Waals surface area contributed by atoms with Gasteiger partial charge in [0.25, 0.3) is 12.4 Å². The Labute approximate surface area is 135 Å². The summed E-state index contributed by atoms with van der Waals surface area (Å²) in [5, 5.41) is 2.43. The lowest BCUT2D eigenvalue weighted by Gasteiger charge is -2.15. The summed E-state index contributed by atoms with van der Waals surface area (Å²) in [5.41, 5.74) is -1.38. The molecule has 0 heterocycles. The highest BCUT2D eigenvalue weighted by Crippen LogP contribution is 2.38. The maximum absolute atomic E-state index is 13.0. The zero-order valence-electron chi connectivity index (χ0n) is 12.4. The molecule has 2 rings (SSSR count). The van der Waals surface area contributed by atoms with E-state index in [4.69, 9.17) is 4.74 Å². The number of benzene rings is 2. The molecule has 0 unspecified atom stereocenters. The van der Waals surface area contributed by atoms with Crippen molar-refractivity contribution in [3.05, 3.63) is 53.6 Å². The fourth-order valence-electron chi connectivity index (χ4n) is 2.05. The summed E-state index contributed by atoms with van der Waals surface area (Å²) in [6, 6.07) is 9.27. The molecule has 0 saturated heterocycles. The van der Waals surface area contributed by atoms with Crippen LogP contribution in [0.4, 0.5) is 18.9 Å². The van der Waals surface area contributed by atoms with Crippen molar-refractivity contribution in [3.63, 3.8) is 0 Å². The molecule has 8 heteroatoms. The van der Waals surface area contributed by atoms with Crippen LogP contribution in [0, 0.1) is 0 Å². The minimum absolute atomic E-state index is 0.162. The van der Waals surface area contributed by atoms with E-state index in [1.165, 1.54) is 13.2 Å². The maximum Gasteiger partial charge on any atom is 0.420 e. The second-order valence-electron chi connectivity index (χ2n) is 4.55. The van der Waals surface area contributed by atoms with Gasteiger partial charge in [-0.2, -0.15) is 13.2 Å². The van der Waals surface area contributed by atoms with Crippen molar-refractivity contribution in [2.45, 2.75) is 6.18 Å². The van der Waals surface area contributed by atoms with Crippen molar-refractivity contribution < 1.29 is 32.2 Å². The van der Waals surface area contributed by atoms with E-state index in [9.17, 15) is 22.8 Å². The highest BCUT2D eigenvalue weighted by atomic mass is 19.4. The van der Waals surface area contributed by atoms with Crippen LogP contribution in [0.15, 0.2) is 42.5 Å². The third kappa shape index (κ3) is 3.65. The lowest BCUT2D eigenvalue weighted by Crippen LogP contribution is -2.17. The average molecular weight is 339 g/mol. The number of halogens is 3. The number of anilines is 1. The van der Waals surface area contributed by atoms with Gasteiger partial charge in [-0.15, -0.1) is 0 Å². The topological polar surface area (TPSA) is 64.6 Å². The minimum atomic E-state index is -4.78. The summed E-state index contributed by atoms with van der Waals surface area (Å²) >= 11 is 0. The smallest absolute Gasteiger partial charge is 0.420 e. The molecule has 1 amide bonds. The molecule has 0 saturated carbocycles. The second-order valence-corrected chi connectivity index (χ2v) is 4.55. The average Bonchev–Trinajstić information content (AvgIpc) is 2.54. The SMILES string of the molecule is COc1ccccc1NC(=O)c1cccc(C(F)(F)F)c1OC=O. The molecule has 2 aromatic carbocycles. The first-order chi connectivity index (χ1) is 11.4. The number of alkyl halides is 3. The van der Waals surface area contributed by atoms with Crippen molar-refractivity contribution in [1.29, 1.82) is 0 Å². The predicted molar refractivity (Wildman–Crippen MR) is 79.1 cm³/mol. The molecule has 0 aromatic heterocycles. The molecule has 2 aromatic rings. The number of carbonyl (C=O) groups excluding carboxylic acids is 2. The zero-order chi connectivity index (χ0) is 17.7. The molecule has 0 radical (unpaired) electrons. The van der Waals surface area contributed by atoms with E-state index in [0.717, 1.165) is 18.2 Å². The van der Waals surface area contributed by atoms with E-state index in [2.05, 4.69) is 10.1 Å². The van der Waals surface area contributed by atoms with Crippen molar-refractivity contribution in [1.82, 2.24) is 0 Å². The number of methoxy groups -OCH3 is 1. The zero-order valence-corrected chi connectivity index (χ0v) is 12.4. The quantitative estimate of drug-likeness (QED) is 0.847. The van der Waals surface area contributed by atoms with Gasteiger partial charge in [0.2, 0.25) is 0 Å². The van der Waals surface area contributed by atoms with Crippen LogP contribution in [0.5, 0.6) is 11.5 Å². The number of hydrogen-bond acceptors (Lipinski definition) is 4. The first-order valence-electron chi connectivity index (χ1n) is 6.63. The third-order valence-corrected chi connectivity index (χ3v) is 3.09. The Kier molecular flexibility index (Phi) is 5.08. The van der Waals surface area contributed by atoms with Crippen LogP contribution >= 0.6 is 0 Å². The van der Waals surface area contributed by atoms with Gasteiger partial charge in [-0.05, 0) is 24.3 Å². The first kappa shape index (κ1) is 17.3. The predicted octanol–water partition coefficient (Wildman–Crippen LogP) is 3.50. The molecule has 0 atom stereocenters. The van der Waals surface area contributed by atoms with Gasteiger partial charge in [0.15, 0.2) is 5.75 Å². The summed E-state index contributed by atoms with van der Waals surface area (Å²) in [6.07, 6.45) is -4.78. The Bertz CT molecular complexity index is 759. The summed E-state index contributed by atoms with van der Waals surface area (Å²) in [4.78, 5) is 22.9. The normalized spacial score (nSPS) is 10.8. The second kappa shape index (κ2) is 7.03. The molecular weight excluding hydrogens is 327 g/mol. The lowest BCUT2D eigenvalue weighted by molar-refractivity contribution is -0.139. The molecule has 0 aliphatic rings. The van der Waals surface area contributed by atoms with E-state index < -0.39 is 29.0 Å². The third-order valence-electron chi connectivity index (χ3n) is 3.09. The van der Waals surface area contributed by atoms with Crippen molar-refractivity contribution in [2.24, 2.45) is 0 Å². The fraction of sp³-hybridized carbons (Fsp3) is 0.125. The number of hydrogen-bond donors (Lipinski definition) is 1. The van der Waals surface area contributed by atoms with Gasteiger partial charge < -0.3 is 14.8 Å². The molecule has 0 bridgehead atoms. The van der Waals surface area contributed by atoms with E-state index in [1.54, 1.807) is 18.2 Å². The number of carbonyl (C=O) groups is 2. The van der Waals surface area contributed by atoms with Crippen LogP contribution in [0.25, 0.3) is 0 Å². The molecule has 126 valence electrons. The first-order valence-corrected chi connectivity index (χ1v) is 6.63. The Morgan fingerprint density at radius 2 is 1.83 bits per heavy atom. The number of rotatable bonds is 5.